The molecule has 0 fully saturated rings. The molecule has 0 spiro atoms. The van der Waals surface area contributed by atoms with Crippen LogP contribution in [0.2, 0.25) is 0 Å². The minimum absolute atomic E-state index is 0.168. The van der Waals surface area contributed by atoms with Crippen molar-refractivity contribution >= 4 is 0 Å². The molecule has 4 aromatic rings. The van der Waals surface area contributed by atoms with Gasteiger partial charge in [-0.3, -0.25) is 9.48 Å². The molecule has 2 aromatic heterocycles. The van der Waals surface area contributed by atoms with Crippen LogP contribution in [0.4, 0.5) is 0 Å². The Balaban J connectivity index is 1.60. The fraction of sp³-hybridized carbons (Fsp3) is 0.208. The smallest absolute Gasteiger partial charge is 0.251 e. The van der Waals surface area contributed by atoms with E-state index in [1.54, 1.807) is 17.1 Å². The molecule has 6 heteroatoms. The van der Waals surface area contributed by atoms with Gasteiger partial charge in [0.1, 0.15) is 0 Å². The van der Waals surface area contributed by atoms with Crippen LogP contribution >= 0.6 is 0 Å². The maximum Gasteiger partial charge on any atom is 0.251 e. The van der Waals surface area contributed by atoms with Gasteiger partial charge in [0, 0.05) is 0 Å². The zero-order valence-corrected chi connectivity index (χ0v) is 16.7. The predicted molar refractivity (Wildman–Crippen MR) is 115 cm³/mol. The number of aryl methyl sites for hydroxylation is 1. The maximum absolute atomic E-state index is 13.1. The monoisotopic (exact) mass is 398 g/mol. The molecule has 0 saturated carbocycles. The van der Waals surface area contributed by atoms with Crippen LogP contribution in [0.5, 0.6) is 5.75 Å². The molecule has 1 aliphatic rings. The summed E-state index contributed by atoms with van der Waals surface area (Å²) >= 11 is 0. The van der Waals surface area contributed by atoms with Crippen molar-refractivity contribution in [1.29, 1.82) is 0 Å². The summed E-state index contributed by atoms with van der Waals surface area (Å²) in [5, 5.41) is 9.19. The second-order valence-corrected chi connectivity index (χ2v) is 7.48. The van der Waals surface area contributed by atoms with E-state index in [-0.39, 0.29) is 11.5 Å². The Morgan fingerprint density at radius 3 is 2.57 bits per heavy atom. The molecule has 0 N–H and O–H groups in total. The van der Waals surface area contributed by atoms with Gasteiger partial charge in [0.15, 0.2) is 11.4 Å². The fourth-order valence-electron chi connectivity index (χ4n) is 4.15. The summed E-state index contributed by atoms with van der Waals surface area (Å²) in [4.78, 5) is 13.1. The van der Waals surface area contributed by atoms with E-state index in [2.05, 4.69) is 29.4 Å². The Morgan fingerprint density at radius 2 is 1.77 bits per heavy atom. The van der Waals surface area contributed by atoms with Gasteiger partial charge in [0.05, 0.1) is 36.9 Å². The summed E-state index contributed by atoms with van der Waals surface area (Å²) in [6.07, 6.45) is 6.26. The average Bonchev–Trinajstić information content (AvgIpc) is 3.29. The lowest BCUT2D eigenvalue weighted by molar-refractivity contribution is 0.368. The van der Waals surface area contributed by atoms with Crippen LogP contribution in [0.25, 0.3) is 17.1 Å². The van der Waals surface area contributed by atoms with Crippen molar-refractivity contribution in [3.8, 4) is 22.8 Å². The Morgan fingerprint density at radius 1 is 1.00 bits per heavy atom. The van der Waals surface area contributed by atoms with Gasteiger partial charge in [0.2, 0.25) is 0 Å². The van der Waals surface area contributed by atoms with Crippen molar-refractivity contribution in [2.75, 3.05) is 7.11 Å². The Labute approximate surface area is 174 Å². The van der Waals surface area contributed by atoms with E-state index in [0.717, 1.165) is 24.9 Å². The highest BCUT2D eigenvalue weighted by atomic mass is 16.5. The average molecular weight is 398 g/mol. The molecule has 150 valence electrons. The first-order valence-electron chi connectivity index (χ1n) is 10.1. The molecule has 1 atom stereocenters. The standard InChI is InChI=1S/C24H22N4O2/c1-30-22-16-27(20-12-11-17-7-5-6-8-18(17)15-20)26-23(24(22)29)21-13-14-25-28(21)19-9-3-2-4-10-19/h2-10,13-14,16,20H,11-12,15H2,1H3. The lowest BCUT2D eigenvalue weighted by atomic mass is 9.88. The van der Waals surface area contributed by atoms with Crippen LogP contribution in [0, 0.1) is 0 Å². The molecule has 0 bridgehead atoms. The highest BCUT2D eigenvalue weighted by Gasteiger charge is 2.23. The van der Waals surface area contributed by atoms with E-state index in [0.29, 0.717) is 17.1 Å². The SMILES string of the molecule is COc1cn(C2CCc3ccccc3C2)nc(-c2ccnn2-c2ccccc2)c1=O. The van der Waals surface area contributed by atoms with Gasteiger partial charge in [-0.2, -0.15) is 10.2 Å². The molecule has 1 unspecified atom stereocenters. The van der Waals surface area contributed by atoms with Crippen molar-refractivity contribution in [2.24, 2.45) is 0 Å². The second kappa shape index (κ2) is 7.63. The normalized spacial score (nSPS) is 15.6. The number of nitrogens with zero attached hydrogens (tertiary/aromatic N) is 4. The largest absolute Gasteiger partial charge is 0.491 e. The van der Waals surface area contributed by atoms with E-state index in [1.165, 1.54) is 18.2 Å². The summed E-state index contributed by atoms with van der Waals surface area (Å²) in [5.41, 5.74) is 4.36. The Bertz CT molecular complexity index is 1240. The third kappa shape index (κ3) is 3.20. The molecule has 30 heavy (non-hydrogen) atoms. The van der Waals surface area contributed by atoms with E-state index in [9.17, 15) is 4.79 Å². The van der Waals surface area contributed by atoms with E-state index in [1.807, 2.05) is 41.1 Å². The number of rotatable bonds is 4. The summed E-state index contributed by atoms with van der Waals surface area (Å²) in [5.74, 6) is 0.291. The number of benzene rings is 2. The quantitative estimate of drug-likeness (QED) is 0.524. The summed E-state index contributed by atoms with van der Waals surface area (Å²) < 4.78 is 9.06. The first kappa shape index (κ1) is 18.4. The lowest BCUT2D eigenvalue weighted by Gasteiger charge is -2.26. The number of aromatic nitrogens is 4. The van der Waals surface area contributed by atoms with Crippen LogP contribution in [0.1, 0.15) is 23.6 Å². The van der Waals surface area contributed by atoms with Crippen molar-refractivity contribution in [3.63, 3.8) is 0 Å². The molecule has 2 heterocycles. The van der Waals surface area contributed by atoms with Gasteiger partial charge in [-0.1, -0.05) is 42.5 Å². The lowest BCUT2D eigenvalue weighted by Crippen LogP contribution is -2.25. The molecule has 6 nitrogen and oxygen atoms in total. The second-order valence-electron chi connectivity index (χ2n) is 7.48. The van der Waals surface area contributed by atoms with Gasteiger partial charge in [0.25, 0.3) is 5.43 Å². The number of methoxy groups -OCH3 is 1. The van der Waals surface area contributed by atoms with Crippen molar-refractivity contribution in [1.82, 2.24) is 19.6 Å². The van der Waals surface area contributed by atoms with Crippen molar-refractivity contribution < 1.29 is 4.74 Å². The van der Waals surface area contributed by atoms with Crippen LogP contribution in [0.15, 0.2) is 77.9 Å². The van der Waals surface area contributed by atoms with Crippen molar-refractivity contribution in [3.05, 3.63) is 94.4 Å². The summed E-state index contributed by atoms with van der Waals surface area (Å²) in [7, 11) is 1.52. The number of hydrogen-bond donors (Lipinski definition) is 0. The highest BCUT2D eigenvalue weighted by Crippen LogP contribution is 2.29. The minimum Gasteiger partial charge on any atom is -0.491 e. The van der Waals surface area contributed by atoms with Crippen molar-refractivity contribution in [2.45, 2.75) is 25.3 Å². The number of hydrogen-bond acceptors (Lipinski definition) is 4. The topological polar surface area (TPSA) is 61.9 Å². The molecular formula is C24H22N4O2. The fourth-order valence-corrected chi connectivity index (χ4v) is 4.15. The molecule has 0 aliphatic heterocycles. The van der Waals surface area contributed by atoms with Crippen LogP contribution in [-0.4, -0.2) is 26.7 Å². The molecule has 0 radical (unpaired) electrons. The highest BCUT2D eigenvalue weighted by molar-refractivity contribution is 5.58. The van der Waals surface area contributed by atoms with Gasteiger partial charge < -0.3 is 4.74 Å². The number of para-hydroxylation sites is 1. The first-order chi connectivity index (χ1) is 14.7. The summed E-state index contributed by atoms with van der Waals surface area (Å²) in [6, 6.07) is 20.2. The van der Waals surface area contributed by atoms with E-state index >= 15 is 0 Å². The third-order valence-corrected chi connectivity index (χ3v) is 5.70. The third-order valence-electron chi connectivity index (χ3n) is 5.70. The molecule has 1 aliphatic carbocycles. The predicted octanol–water partition coefficient (Wildman–Crippen LogP) is 3.83. The zero-order valence-electron chi connectivity index (χ0n) is 16.7. The first-order valence-corrected chi connectivity index (χ1v) is 10.1. The number of ether oxygens (including phenoxy) is 1. The van der Waals surface area contributed by atoms with E-state index < -0.39 is 0 Å². The zero-order chi connectivity index (χ0) is 20.5. The molecule has 5 rings (SSSR count). The Hall–Kier alpha value is -3.67. The van der Waals surface area contributed by atoms with Gasteiger partial charge >= 0.3 is 0 Å². The van der Waals surface area contributed by atoms with Crippen LogP contribution < -0.4 is 10.2 Å². The van der Waals surface area contributed by atoms with Crippen LogP contribution in [0.3, 0.4) is 0 Å². The molecule has 0 saturated heterocycles. The van der Waals surface area contributed by atoms with Gasteiger partial charge in [-0.15, -0.1) is 0 Å². The van der Waals surface area contributed by atoms with Gasteiger partial charge in [-0.25, -0.2) is 4.68 Å². The van der Waals surface area contributed by atoms with E-state index in [4.69, 9.17) is 9.84 Å². The summed E-state index contributed by atoms with van der Waals surface area (Å²) in [6.45, 7) is 0. The molecular weight excluding hydrogens is 376 g/mol. The molecule has 0 amide bonds. The Kier molecular flexibility index (Phi) is 4.67. The van der Waals surface area contributed by atoms with Crippen LogP contribution in [-0.2, 0) is 12.8 Å². The minimum atomic E-state index is -0.234. The number of fused-ring (bicyclic) bond motifs is 1. The molecule has 2 aromatic carbocycles. The van der Waals surface area contributed by atoms with Gasteiger partial charge in [-0.05, 0) is 48.6 Å². The maximum atomic E-state index is 13.1.